The van der Waals surface area contributed by atoms with E-state index >= 15 is 0 Å². The summed E-state index contributed by atoms with van der Waals surface area (Å²) < 4.78 is 16.6. The molecule has 0 N–H and O–H groups in total. The predicted molar refractivity (Wildman–Crippen MR) is 116 cm³/mol. The van der Waals surface area contributed by atoms with Gasteiger partial charge in [-0.05, 0) is 64.1 Å². The van der Waals surface area contributed by atoms with Crippen LogP contribution >= 0.6 is 0 Å². The quantitative estimate of drug-likeness (QED) is 0.260. The van der Waals surface area contributed by atoms with Gasteiger partial charge in [-0.25, -0.2) is 14.4 Å². The summed E-state index contributed by atoms with van der Waals surface area (Å²) in [5.74, 6) is -0.235. The fourth-order valence-corrected chi connectivity index (χ4v) is 3.90. The van der Waals surface area contributed by atoms with Crippen LogP contribution in [-0.4, -0.2) is 35.2 Å². The first kappa shape index (κ1) is 20.9. The van der Waals surface area contributed by atoms with Crippen molar-refractivity contribution >= 4 is 33.8 Å². The number of likely N-dealkylation sites (tertiary alicyclic amines) is 1. The molecule has 0 saturated carbocycles. The Morgan fingerprint density at radius 1 is 1.06 bits per heavy atom. The Morgan fingerprint density at radius 3 is 2.48 bits per heavy atom. The second-order valence-electron chi connectivity index (χ2n) is 8.75. The minimum atomic E-state index is -0.714. The highest BCUT2D eigenvalue weighted by molar-refractivity contribution is 6.05. The smallest absolute Gasteiger partial charge is 0.411 e. The van der Waals surface area contributed by atoms with Gasteiger partial charge in [0.05, 0.1) is 5.39 Å². The maximum Gasteiger partial charge on any atom is 0.411 e. The van der Waals surface area contributed by atoms with Crippen LogP contribution < -0.4 is 10.4 Å². The summed E-state index contributed by atoms with van der Waals surface area (Å²) >= 11 is 0. The zero-order valence-corrected chi connectivity index (χ0v) is 18.1. The lowest BCUT2D eigenvalue weighted by molar-refractivity contribution is -0.139. The van der Waals surface area contributed by atoms with Gasteiger partial charge in [0.15, 0.2) is 0 Å². The van der Waals surface area contributed by atoms with Crippen LogP contribution in [0.4, 0.5) is 4.79 Å². The first-order valence-corrected chi connectivity index (χ1v) is 10.3. The van der Waals surface area contributed by atoms with Crippen LogP contribution in [0.25, 0.3) is 21.7 Å². The maximum atomic E-state index is 12.9. The van der Waals surface area contributed by atoms with E-state index in [0.717, 1.165) is 10.8 Å². The molecule has 1 saturated heterocycles. The van der Waals surface area contributed by atoms with Crippen LogP contribution in [0.2, 0.25) is 0 Å². The Morgan fingerprint density at radius 2 is 1.77 bits per heavy atom. The molecule has 1 aliphatic rings. The number of benzene rings is 2. The minimum Gasteiger partial charge on any atom is -0.444 e. The first-order chi connectivity index (χ1) is 14.7. The molecular weight excluding hydrogens is 398 g/mol. The normalized spacial score (nSPS) is 16.6. The van der Waals surface area contributed by atoms with Crippen molar-refractivity contribution in [2.75, 3.05) is 6.54 Å². The van der Waals surface area contributed by atoms with Crippen LogP contribution in [0.5, 0.6) is 5.75 Å². The number of rotatable bonds is 2. The van der Waals surface area contributed by atoms with Crippen molar-refractivity contribution in [2.24, 2.45) is 0 Å². The SMILES string of the molecule is Cc1c(OC(=O)C2CCCN2C(=O)OC(C)(C)C)ccc2c1oc(=O)c1ccccc12. The molecule has 7 nitrogen and oxygen atoms in total. The second-order valence-corrected chi connectivity index (χ2v) is 8.75. The lowest BCUT2D eigenvalue weighted by Gasteiger charge is -2.27. The third kappa shape index (κ3) is 4.00. The van der Waals surface area contributed by atoms with Crippen LogP contribution in [0.15, 0.2) is 45.6 Å². The molecule has 2 aromatic carbocycles. The Kier molecular flexibility index (Phi) is 5.21. The Bertz CT molecular complexity index is 1240. The van der Waals surface area contributed by atoms with Gasteiger partial charge < -0.3 is 13.9 Å². The van der Waals surface area contributed by atoms with Crippen LogP contribution in [0.3, 0.4) is 0 Å². The molecule has 1 unspecified atom stereocenters. The van der Waals surface area contributed by atoms with Gasteiger partial charge >= 0.3 is 17.7 Å². The van der Waals surface area contributed by atoms with E-state index in [1.54, 1.807) is 52.0 Å². The van der Waals surface area contributed by atoms with Gasteiger partial charge in [0.25, 0.3) is 0 Å². The summed E-state index contributed by atoms with van der Waals surface area (Å²) in [4.78, 5) is 39.2. The highest BCUT2D eigenvalue weighted by Crippen LogP contribution is 2.32. The van der Waals surface area contributed by atoms with Gasteiger partial charge in [-0.1, -0.05) is 18.2 Å². The summed E-state index contributed by atoms with van der Waals surface area (Å²) in [5.41, 5.74) is -0.162. The molecule has 1 aliphatic heterocycles. The summed E-state index contributed by atoms with van der Waals surface area (Å²) in [6.07, 6.45) is 0.667. The molecule has 1 aromatic heterocycles. The summed E-state index contributed by atoms with van der Waals surface area (Å²) in [6, 6.07) is 9.97. The number of amides is 1. The standard InChI is InChI=1S/C24H25NO6/c1-14-19(12-11-16-15-8-5-6-9-17(15)21(26)30-20(14)16)29-22(27)18-10-7-13-25(18)23(28)31-24(2,3)4/h5-6,8-9,11-12,18H,7,10,13H2,1-4H3. The molecule has 1 atom stereocenters. The third-order valence-corrected chi connectivity index (χ3v) is 5.35. The fourth-order valence-electron chi connectivity index (χ4n) is 3.90. The number of carbonyl (C=O) groups is 2. The van der Waals surface area contributed by atoms with Crippen LogP contribution in [0, 0.1) is 6.92 Å². The van der Waals surface area contributed by atoms with E-state index in [9.17, 15) is 14.4 Å². The summed E-state index contributed by atoms with van der Waals surface area (Å²) in [5, 5.41) is 2.04. The monoisotopic (exact) mass is 423 g/mol. The lowest BCUT2D eigenvalue weighted by Crippen LogP contribution is -2.44. The maximum absolute atomic E-state index is 12.9. The average molecular weight is 423 g/mol. The van der Waals surface area contributed by atoms with Crippen molar-refractivity contribution in [3.8, 4) is 5.75 Å². The number of ether oxygens (including phenoxy) is 2. The van der Waals surface area contributed by atoms with Crippen LogP contribution in [0.1, 0.15) is 39.2 Å². The fraction of sp³-hybridized carbons (Fsp3) is 0.375. The van der Waals surface area contributed by atoms with Gasteiger partial charge in [-0.15, -0.1) is 0 Å². The van der Waals surface area contributed by atoms with Gasteiger partial charge in [0.1, 0.15) is 23.0 Å². The van der Waals surface area contributed by atoms with E-state index in [1.165, 1.54) is 4.90 Å². The minimum absolute atomic E-state index is 0.298. The molecule has 31 heavy (non-hydrogen) atoms. The highest BCUT2D eigenvalue weighted by atomic mass is 16.6. The molecule has 1 fully saturated rings. The zero-order chi connectivity index (χ0) is 22.3. The number of aryl methyl sites for hydroxylation is 1. The molecule has 4 rings (SSSR count). The van der Waals surface area contributed by atoms with E-state index in [1.807, 2.05) is 12.1 Å². The number of hydrogen-bond donors (Lipinski definition) is 0. The van der Waals surface area contributed by atoms with Crippen LogP contribution in [-0.2, 0) is 9.53 Å². The number of nitrogens with zero attached hydrogens (tertiary/aromatic N) is 1. The Hall–Kier alpha value is -3.35. The van der Waals surface area contributed by atoms with E-state index in [2.05, 4.69) is 0 Å². The van der Waals surface area contributed by atoms with Crippen molar-refractivity contribution in [2.45, 2.75) is 52.2 Å². The number of carbonyl (C=O) groups excluding carboxylic acids is 2. The van der Waals surface area contributed by atoms with E-state index in [4.69, 9.17) is 13.9 Å². The van der Waals surface area contributed by atoms with Gasteiger partial charge in [-0.3, -0.25) is 4.90 Å². The van der Waals surface area contributed by atoms with E-state index < -0.39 is 29.3 Å². The largest absolute Gasteiger partial charge is 0.444 e. The van der Waals surface area contributed by atoms with Crippen molar-refractivity contribution in [3.63, 3.8) is 0 Å². The number of fused-ring (bicyclic) bond motifs is 3. The zero-order valence-electron chi connectivity index (χ0n) is 18.1. The van der Waals surface area contributed by atoms with E-state index in [0.29, 0.717) is 41.7 Å². The highest BCUT2D eigenvalue weighted by Gasteiger charge is 2.38. The van der Waals surface area contributed by atoms with Crippen molar-refractivity contribution in [1.82, 2.24) is 4.90 Å². The summed E-state index contributed by atoms with van der Waals surface area (Å²) in [7, 11) is 0. The molecule has 0 radical (unpaired) electrons. The molecule has 3 aromatic rings. The van der Waals surface area contributed by atoms with Gasteiger partial charge in [0, 0.05) is 17.5 Å². The molecule has 0 bridgehead atoms. The Balaban J connectivity index is 1.63. The Labute approximate surface area is 179 Å². The van der Waals surface area contributed by atoms with Gasteiger partial charge in [-0.2, -0.15) is 0 Å². The summed E-state index contributed by atoms with van der Waals surface area (Å²) in [6.45, 7) is 7.52. The van der Waals surface area contributed by atoms with Crippen molar-refractivity contribution in [3.05, 3.63) is 52.4 Å². The number of esters is 1. The molecule has 0 spiro atoms. The first-order valence-electron chi connectivity index (χ1n) is 10.3. The molecule has 2 heterocycles. The average Bonchev–Trinajstić information content (AvgIpc) is 3.20. The molecule has 7 heteroatoms. The molecular formula is C24H25NO6. The second kappa shape index (κ2) is 7.72. The predicted octanol–water partition coefficient (Wildman–Crippen LogP) is 4.56. The van der Waals surface area contributed by atoms with Crippen molar-refractivity contribution < 1.29 is 23.5 Å². The lowest BCUT2D eigenvalue weighted by atomic mass is 10.0. The third-order valence-electron chi connectivity index (χ3n) is 5.35. The van der Waals surface area contributed by atoms with E-state index in [-0.39, 0.29) is 0 Å². The molecule has 1 amide bonds. The number of hydrogen-bond acceptors (Lipinski definition) is 6. The van der Waals surface area contributed by atoms with Gasteiger partial charge in [0.2, 0.25) is 0 Å². The molecule has 162 valence electrons. The molecule has 0 aliphatic carbocycles. The van der Waals surface area contributed by atoms with Crippen molar-refractivity contribution in [1.29, 1.82) is 0 Å². The topological polar surface area (TPSA) is 86.1 Å².